The highest BCUT2D eigenvalue weighted by atomic mass is 19.1. The number of benzene rings is 1. The second kappa shape index (κ2) is 7.31. The molecule has 1 aliphatic carbocycles. The lowest BCUT2D eigenvalue weighted by Crippen LogP contribution is -2.21. The molecule has 6 heteroatoms. The van der Waals surface area contributed by atoms with Crippen LogP contribution in [0.2, 0.25) is 0 Å². The molecular formula is C20H17FN2O3. The molecule has 0 unspecified atom stereocenters. The Morgan fingerprint density at radius 1 is 1.27 bits per heavy atom. The third-order valence-corrected chi connectivity index (χ3v) is 3.99. The van der Waals surface area contributed by atoms with Crippen molar-refractivity contribution in [2.75, 3.05) is 13.7 Å². The number of Topliss-reactive ketones (excluding diaryl/α,β-unsaturated/α-hetero) is 2. The number of ketones is 2. The third kappa shape index (κ3) is 3.13. The molecule has 1 heterocycles. The van der Waals surface area contributed by atoms with E-state index in [9.17, 15) is 14.0 Å². The summed E-state index contributed by atoms with van der Waals surface area (Å²) >= 11 is 0. The van der Waals surface area contributed by atoms with E-state index in [1.54, 1.807) is 54.4 Å². The summed E-state index contributed by atoms with van der Waals surface area (Å²) in [5, 5.41) is 0. The highest BCUT2D eigenvalue weighted by Crippen LogP contribution is 2.34. The molecule has 1 aromatic carbocycles. The van der Waals surface area contributed by atoms with Gasteiger partial charge in [0, 0.05) is 23.9 Å². The van der Waals surface area contributed by atoms with Gasteiger partial charge in [0.25, 0.3) is 5.78 Å². The monoisotopic (exact) mass is 352 g/mol. The average molecular weight is 352 g/mol. The number of likely N-dealkylation sites (N-methyl/N-ethyl adjacent to an activating group) is 1. The number of hydrogen-bond donors (Lipinski definition) is 0. The Balaban J connectivity index is 1.94. The van der Waals surface area contributed by atoms with Crippen LogP contribution in [0.25, 0.3) is 11.3 Å². The van der Waals surface area contributed by atoms with Crippen LogP contribution in [-0.4, -0.2) is 35.2 Å². The van der Waals surface area contributed by atoms with Crippen molar-refractivity contribution in [3.05, 3.63) is 78.0 Å². The fraction of sp³-hybridized carbons (Fsp3) is 0.150. The number of fused-ring (bicyclic) bond motifs is 3. The molecule has 0 spiro atoms. The van der Waals surface area contributed by atoms with Gasteiger partial charge in [0.1, 0.15) is 6.67 Å². The van der Waals surface area contributed by atoms with Crippen LogP contribution in [-0.2, 0) is 6.54 Å². The lowest BCUT2D eigenvalue weighted by Gasteiger charge is -2.18. The number of nitrogens with zero attached hydrogens (tertiary/aromatic N) is 2. The first-order chi connectivity index (χ1) is 12.6. The molecule has 5 nitrogen and oxygen atoms in total. The zero-order valence-electron chi connectivity index (χ0n) is 14.2. The number of rotatable bonds is 6. The van der Waals surface area contributed by atoms with Gasteiger partial charge >= 0.3 is 0 Å². The minimum Gasteiger partial charge on any atom is -0.438 e. The molecule has 0 radical (unpaired) electrons. The van der Waals surface area contributed by atoms with Crippen molar-refractivity contribution in [1.82, 2.24) is 9.88 Å². The standard InChI is InChI=1S/C20H17FN2O3/c1-3-7-13(8-6-11-21)23(2)12-16-22-17-19(25)18(24)14-9-4-5-10-15(14)20(17)26-16/h3-10H,1,11-12H2,2H3/b8-6-,13-7+. The molecule has 26 heavy (non-hydrogen) atoms. The number of carbonyl (C=O) groups is 2. The maximum Gasteiger partial charge on any atom is 0.255 e. The molecule has 0 saturated carbocycles. The first-order valence-corrected chi connectivity index (χ1v) is 8.01. The number of hydrogen-bond acceptors (Lipinski definition) is 5. The van der Waals surface area contributed by atoms with E-state index in [1.165, 1.54) is 6.08 Å². The molecular weight excluding hydrogens is 335 g/mol. The number of carbonyl (C=O) groups excluding carboxylic acids is 2. The van der Waals surface area contributed by atoms with E-state index < -0.39 is 18.2 Å². The molecule has 132 valence electrons. The van der Waals surface area contributed by atoms with Crippen LogP contribution in [0.1, 0.15) is 26.7 Å². The first-order valence-electron chi connectivity index (χ1n) is 8.01. The van der Waals surface area contributed by atoms with E-state index >= 15 is 0 Å². The van der Waals surface area contributed by atoms with E-state index in [1.807, 2.05) is 0 Å². The van der Waals surface area contributed by atoms with E-state index in [2.05, 4.69) is 11.6 Å². The van der Waals surface area contributed by atoms with Crippen LogP contribution in [0.15, 0.2) is 65.3 Å². The van der Waals surface area contributed by atoms with Crippen LogP contribution in [0.5, 0.6) is 0 Å². The summed E-state index contributed by atoms with van der Waals surface area (Å²) in [6.45, 7) is 3.31. The zero-order chi connectivity index (χ0) is 18.7. The number of allylic oxidation sites excluding steroid dienone is 4. The smallest absolute Gasteiger partial charge is 0.255 e. The van der Waals surface area contributed by atoms with Crippen LogP contribution >= 0.6 is 0 Å². The van der Waals surface area contributed by atoms with Crippen molar-refractivity contribution in [2.24, 2.45) is 0 Å². The summed E-state index contributed by atoms with van der Waals surface area (Å²) in [6.07, 6.45) is 6.31. The summed E-state index contributed by atoms with van der Waals surface area (Å²) in [4.78, 5) is 30.5. The van der Waals surface area contributed by atoms with Gasteiger partial charge in [0.15, 0.2) is 11.5 Å². The second-order valence-electron chi connectivity index (χ2n) is 5.73. The van der Waals surface area contributed by atoms with Gasteiger partial charge in [0.2, 0.25) is 11.7 Å². The highest BCUT2D eigenvalue weighted by Gasteiger charge is 2.35. The second-order valence-corrected chi connectivity index (χ2v) is 5.73. The Kier molecular flexibility index (Phi) is 4.93. The fourth-order valence-corrected chi connectivity index (χ4v) is 2.77. The zero-order valence-corrected chi connectivity index (χ0v) is 14.2. The molecule has 0 saturated heterocycles. The minimum atomic E-state index is -0.671. The number of alkyl halides is 1. The van der Waals surface area contributed by atoms with Crippen molar-refractivity contribution >= 4 is 11.6 Å². The van der Waals surface area contributed by atoms with Gasteiger partial charge in [-0.15, -0.1) is 0 Å². The van der Waals surface area contributed by atoms with Gasteiger partial charge in [0.05, 0.1) is 6.54 Å². The average Bonchev–Trinajstić information content (AvgIpc) is 3.07. The van der Waals surface area contributed by atoms with Crippen LogP contribution in [0.4, 0.5) is 4.39 Å². The van der Waals surface area contributed by atoms with Crippen LogP contribution in [0.3, 0.4) is 0 Å². The molecule has 2 aromatic rings. The molecule has 0 N–H and O–H groups in total. The minimum absolute atomic E-state index is 0.0330. The summed E-state index contributed by atoms with van der Waals surface area (Å²) < 4.78 is 18.2. The summed E-state index contributed by atoms with van der Waals surface area (Å²) in [5.41, 5.74) is 1.62. The van der Waals surface area contributed by atoms with Crippen molar-refractivity contribution in [3.8, 4) is 11.3 Å². The summed E-state index contributed by atoms with van der Waals surface area (Å²) in [6, 6.07) is 6.79. The van der Waals surface area contributed by atoms with E-state index in [-0.39, 0.29) is 12.2 Å². The van der Waals surface area contributed by atoms with Crippen molar-refractivity contribution < 1.29 is 18.4 Å². The SMILES string of the molecule is C=C/C=C(\C=C/CF)N(C)Cc1nc2c(o1)-c1ccccc1C(=O)C2=O. The van der Waals surface area contributed by atoms with E-state index in [0.29, 0.717) is 28.5 Å². The lowest BCUT2D eigenvalue weighted by molar-refractivity contribution is 0.0812. The van der Waals surface area contributed by atoms with Gasteiger partial charge in [-0.2, -0.15) is 0 Å². The van der Waals surface area contributed by atoms with E-state index in [4.69, 9.17) is 4.42 Å². The first kappa shape index (κ1) is 17.5. The van der Waals surface area contributed by atoms with Crippen molar-refractivity contribution in [3.63, 3.8) is 0 Å². The predicted molar refractivity (Wildman–Crippen MR) is 95.5 cm³/mol. The Hall–Kier alpha value is -3.28. The van der Waals surface area contributed by atoms with Gasteiger partial charge in [-0.3, -0.25) is 9.59 Å². The van der Waals surface area contributed by atoms with Crippen molar-refractivity contribution in [1.29, 1.82) is 0 Å². The Labute approximate surface area is 150 Å². The summed E-state index contributed by atoms with van der Waals surface area (Å²) in [5.74, 6) is -0.656. The lowest BCUT2D eigenvalue weighted by atomic mass is 9.91. The predicted octanol–water partition coefficient (Wildman–Crippen LogP) is 3.75. The van der Waals surface area contributed by atoms with Gasteiger partial charge in [-0.05, 0) is 12.2 Å². The third-order valence-electron chi connectivity index (χ3n) is 3.99. The van der Waals surface area contributed by atoms with Gasteiger partial charge in [-0.1, -0.05) is 43.0 Å². The molecule has 3 rings (SSSR count). The molecule has 0 bridgehead atoms. The Bertz CT molecular complexity index is 940. The maximum atomic E-state index is 12.4. The van der Waals surface area contributed by atoms with E-state index in [0.717, 1.165) is 0 Å². The molecule has 0 fully saturated rings. The molecule has 0 atom stereocenters. The molecule has 0 aliphatic heterocycles. The quantitative estimate of drug-likeness (QED) is 0.585. The summed E-state index contributed by atoms with van der Waals surface area (Å²) in [7, 11) is 1.78. The number of aromatic nitrogens is 1. The molecule has 0 amide bonds. The fourth-order valence-electron chi connectivity index (χ4n) is 2.77. The number of oxazole rings is 1. The molecule has 1 aliphatic rings. The van der Waals surface area contributed by atoms with Crippen molar-refractivity contribution in [2.45, 2.75) is 6.54 Å². The van der Waals surface area contributed by atoms with Gasteiger partial charge < -0.3 is 9.32 Å². The number of halogens is 1. The largest absolute Gasteiger partial charge is 0.438 e. The maximum absolute atomic E-state index is 12.4. The Morgan fingerprint density at radius 2 is 2.00 bits per heavy atom. The topological polar surface area (TPSA) is 63.4 Å². The normalized spacial score (nSPS) is 13.7. The molecule has 1 aromatic heterocycles. The highest BCUT2D eigenvalue weighted by molar-refractivity contribution is 6.52. The van der Waals surface area contributed by atoms with Gasteiger partial charge in [-0.25, -0.2) is 9.37 Å². The van der Waals surface area contributed by atoms with Crippen LogP contribution in [0, 0.1) is 0 Å². The Morgan fingerprint density at radius 3 is 2.69 bits per heavy atom. The van der Waals surface area contributed by atoms with Crippen LogP contribution < -0.4 is 0 Å².